The third-order valence-electron chi connectivity index (χ3n) is 4.16. The number of rotatable bonds is 8. The zero-order valence-corrected chi connectivity index (χ0v) is 12.8. The van der Waals surface area contributed by atoms with E-state index in [0.717, 1.165) is 44.0 Å². The number of unbranched alkanes of at least 4 members (excludes halogenated alkanes) is 4. The summed E-state index contributed by atoms with van der Waals surface area (Å²) in [6, 6.07) is 8.15. The van der Waals surface area contributed by atoms with Gasteiger partial charge in [-0.15, -0.1) is 0 Å². The first kappa shape index (κ1) is 16.4. The summed E-state index contributed by atoms with van der Waals surface area (Å²) in [5, 5.41) is 2.40. The summed E-state index contributed by atoms with van der Waals surface area (Å²) in [5.74, 6) is -0.554. The molecule has 0 spiro atoms. The molecule has 0 aliphatic carbocycles. The second-order valence-corrected chi connectivity index (χ2v) is 5.86. The molecule has 2 amide bonds. The number of carbonyl (C=O) groups is 3. The van der Waals surface area contributed by atoms with Crippen LogP contribution in [0.15, 0.2) is 24.3 Å². The van der Waals surface area contributed by atoms with Crippen LogP contribution < -0.4 is 5.32 Å². The van der Waals surface area contributed by atoms with E-state index in [1.807, 2.05) is 12.1 Å². The Morgan fingerprint density at radius 3 is 2.45 bits per heavy atom. The number of hydrogen-bond acceptors (Lipinski definition) is 3. The average molecular weight is 301 g/mol. The molecule has 1 heterocycles. The largest absolute Gasteiger partial charge is 0.303 e. The lowest BCUT2D eigenvalue weighted by atomic mass is 9.89. The molecule has 22 heavy (non-hydrogen) atoms. The van der Waals surface area contributed by atoms with Crippen LogP contribution in [0.3, 0.4) is 0 Å². The smallest absolute Gasteiger partial charge is 0.234 e. The van der Waals surface area contributed by atoms with E-state index in [0.29, 0.717) is 19.3 Å². The van der Waals surface area contributed by atoms with E-state index in [1.54, 1.807) is 0 Å². The van der Waals surface area contributed by atoms with Crippen molar-refractivity contribution in [2.75, 3.05) is 0 Å². The van der Waals surface area contributed by atoms with Gasteiger partial charge in [-0.3, -0.25) is 14.9 Å². The van der Waals surface area contributed by atoms with Gasteiger partial charge in [-0.1, -0.05) is 37.1 Å². The van der Waals surface area contributed by atoms with Crippen LogP contribution in [0.2, 0.25) is 0 Å². The maximum absolute atomic E-state index is 11.8. The SMILES string of the molecule is O=CCCCCCCc1ccc(C2CCC(=O)NC2=O)cc1. The fraction of sp³-hybridized carbons (Fsp3) is 0.500. The van der Waals surface area contributed by atoms with Crippen molar-refractivity contribution < 1.29 is 14.4 Å². The summed E-state index contributed by atoms with van der Waals surface area (Å²) < 4.78 is 0. The Labute approximate surface area is 131 Å². The zero-order valence-electron chi connectivity index (χ0n) is 12.8. The topological polar surface area (TPSA) is 63.2 Å². The van der Waals surface area contributed by atoms with Crippen molar-refractivity contribution in [1.82, 2.24) is 5.32 Å². The summed E-state index contributed by atoms with van der Waals surface area (Å²) in [6.45, 7) is 0. The summed E-state index contributed by atoms with van der Waals surface area (Å²) in [6.07, 6.45) is 8.04. The Hall–Kier alpha value is -1.97. The van der Waals surface area contributed by atoms with E-state index in [1.165, 1.54) is 5.56 Å². The van der Waals surface area contributed by atoms with Crippen molar-refractivity contribution in [1.29, 1.82) is 0 Å². The van der Waals surface area contributed by atoms with Crippen LogP contribution in [0.5, 0.6) is 0 Å². The summed E-state index contributed by atoms with van der Waals surface area (Å²) in [7, 11) is 0. The highest BCUT2D eigenvalue weighted by Gasteiger charge is 2.27. The Morgan fingerprint density at radius 1 is 1.05 bits per heavy atom. The van der Waals surface area contributed by atoms with Gasteiger partial charge in [0.2, 0.25) is 11.8 Å². The zero-order chi connectivity index (χ0) is 15.8. The van der Waals surface area contributed by atoms with E-state index in [4.69, 9.17) is 0 Å². The van der Waals surface area contributed by atoms with Crippen LogP contribution in [0.1, 0.15) is 62.0 Å². The third-order valence-corrected chi connectivity index (χ3v) is 4.16. The van der Waals surface area contributed by atoms with Crippen LogP contribution >= 0.6 is 0 Å². The van der Waals surface area contributed by atoms with Gasteiger partial charge in [0.05, 0.1) is 5.92 Å². The first-order valence-electron chi connectivity index (χ1n) is 8.07. The quantitative estimate of drug-likeness (QED) is 0.456. The lowest BCUT2D eigenvalue weighted by Gasteiger charge is -2.21. The molecule has 4 nitrogen and oxygen atoms in total. The molecule has 0 bridgehead atoms. The van der Waals surface area contributed by atoms with Crippen molar-refractivity contribution in [3.63, 3.8) is 0 Å². The van der Waals surface area contributed by atoms with Crippen LogP contribution in [0.4, 0.5) is 0 Å². The van der Waals surface area contributed by atoms with Crippen molar-refractivity contribution >= 4 is 18.1 Å². The Bertz CT molecular complexity index is 522. The van der Waals surface area contributed by atoms with Gasteiger partial charge < -0.3 is 4.79 Å². The van der Waals surface area contributed by atoms with Gasteiger partial charge >= 0.3 is 0 Å². The number of imide groups is 1. The predicted molar refractivity (Wildman–Crippen MR) is 84.4 cm³/mol. The number of piperidine rings is 1. The number of benzene rings is 1. The molecule has 2 rings (SSSR count). The molecule has 4 heteroatoms. The number of hydrogen-bond donors (Lipinski definition) is 1. The molecule has 1 unspecified atom stereocenters. The minimum atomic E-state index is -0.199. The molecule has 1 atom stereocenters. The second kappa shape index (κ2) is 8.47. The van der Waals surface area contributed by atoms with Gasteiger partial charge in [-0.05, 0) is 36.8 Å². The van der Waals surface area contributed by atoms with E-state index in [9.17, 15) is 14.4 Å². The summed E-state index contributed by atoms with van der Waals surface area (Å²) in [5.41, 5.74) is 2.26. The molecule has 1 fully saturated rings. The fourth-order valence-electron chi connectivity index (χ4n) is 2.84. The highest BCUT2D eigenvalue weighted by atomic mass is 16.2. The number of aldehydes is 1. The van der Waals surface area contributed by atoms with Crippen molar-refractivity contribution in [3.8, 4) is 0 Å². The Kier molecular flexibility index (Phi) is 6.31. The average Bonchev–Trinajstić information content (AvgIpc) is 2.52. The standard InChI is InChI=1S/C18H23NO3/c20-13-5-3-1-2-4-6-14-7-9-15(10-8-14)16-11-12-17(21)19-18(16)22/h7-10,13,16H,1-6,11-12H2,(H,19,21,22). The van der Waals surface area contributed by atoms with Gasteiger partial charge in [0.25, 0.3) is 0 Å². The molecule has 1 saturated heterocycles. The van der Waals surface area contributed by atoms with Crippen molar-refractivity contribution in [3.05, 3.63) is 35.4 Å². The number of carbonyl (C=O) groups excluding carboxylic acids is 3. The first-order valence-corrected chi connectivity index (χ1v) is 8.07. The Balaban J connectivity index is 1.79. The van der Waals surface area contributed by atoms with Crippen LogP contribution in [-0.4, -0.2) is 18.1 Å². The minimum absolute atomic E-state index is 0.174. The normalized spacial score (nSPS) is 18.1. The molecule has 0 saturated carbocycles. The number of amides is 2. The molecule has 1 aromatic carbocycles. The van der Waals surface area contributed by atoms with Crippen LogP contribution in [-0.2, 0) is 20.8 Å². The highest BCUT2D eigenvalue weighted by molar-refractivity contribution is 6.00. The first-order chi connectivity index (χ1) is 10.7. The Morgan fingerprint density at radius 2 is 1.77 bits per heavy atom. The lowest BCUT2D eigenvalue weighted by molar-refractivity contribution is -0.134. The van der Waals surface area contributed by atoms with Gasteiger partial charge in [-0.25, -0.2) is 0 Å². The van der Waals surface area contributed by atoms with E-state index >= 15 is 0 Å². The molecular weight excluding hydrogens is 278 g/mol. The van der Waals surface area contributed by atoms with Crippen molar-refractivity contribution in [2.24, 2.45) is 0 Å². The molecule has 1 aliphatic rings. The maximum Gasteiger partial charge on any atom is 0.234 e. The fourth-order valence-corrected chi connectivity index (χ4v) is 2.84. The monoisotopic (exact) mass is 301 g/mol. The summed E-state index contributed by atoms with van der Waals surface area (Å²) in [4.78, 5) is 33.2. The van der Waals surface area contributed by atoms with E-state index in [2.05, 4.69) is 17.4 Å². The molecular formula is C18H23NO3. The van der Waals surface area contributed by atoms with Gasteiger partial charge in [0.15, 0.2) is 0 Å². The highest BCUT2D eigenvalue weighted by Crippen LogP contribution is 2.25. The van der Waals surface area contributed by atoms with Gasteiger partial charge in [-0.2, -0.15) is 0 Å². The molecule has 0 radical (unpaired) electrons. The molecule has 118 valence electrons. The van der Waals surface area contributed by atoms with E-state index in [-0.39, 0.29) is 17.7 Å². The van der Waals surface area contributed by atoms with Crippen molar-refractivity contribution in [2.45, 2.75) is 57.3 Å². The molecule has 1 N–H and O–H groups in total. The minimum Gasteiger partial charge on any atom is -0.303 e. The molecule has 1 aliphatic heterocycles. The lowest BCUT2D eigenvalue weighted by Crippen LogP contribution is -2.39. The van der Waals surface area contributed by atoms with Crippen LogP contribution in [0.25, 0.3) is 0 Å². The van der Waals surface area contributed by atoms with E-state index < -0.39 is 0 Å². The number of aryl methyl sites for hydroxylation is 1. The van der Waals surface area contributed by atoms with Crippen LogP contribution in [0, 0.1) is 0 Å². The maximum atomic E-state index is 11.8. The second-order valence-electron chi connectivity index (χ2n) is 5.86. The molecule has 0 aromatic heterocycles. The molecule has 1 aromatic rings. The van der Waals surface area contributed by atoms with Gasteiger partial charge in [0, 0.05) is 12.8 Å². The summed E-state index contributed by atoms with van der Waals surface area (Å²) >= 11 is 0. The number of nitrogens with one attached hydrogen (secondary N) is 1. The third kappa shape index (κ3) is 4.79. The predicted octanol–water partition coefficient (Wildman–Crippen LogP) is 2.90. The van der Waals surface area contributed by atoms with Gasteiger partial charge in [0.1, 0.15) is 6.29 Å².